The number of benzene rings is 2. The normalized spacial score (nSPS) is 22.4. The van der Waals surface area contributed by atoms with Gasteiger partial charge >= 0.3 is 7.12 Å². The van der Waals surface area contributed by atoms with E-state index in [1.165, 1.54) is 27.5 Å². The maximum Gasteiger partial charge on any atom is 0.451 e. The molecule has 0 aliphatic heterocycles. The van der Waals surface area contributed by atoms with Crippen LogP contribution in [0.4, 0.5) is 0 Å². The van der Waals surface area contributed by atoms with Crippen molar-refractivity contribution in [3.63, 3.8) is 0 Å². The third-order valence-corrected chi connectivity index (χ3v) is 6.85. The molecule has 0 spiro atoms. The fourth-order valence-electron chi connectivity index (χ4n) is 4.93. The standard InChI is InChI=1S/C24H33BN2O3/c26-24(28,11-5-6-12-25(29)30)19-14-20(15-19)27-16-23-21-9-3-1-7-17(21)13-18-8-2-4-10-22(18)23/h1,3-4,7,9-10,13,19-20,27-30H,2,5-6,8,11-12,14-16,26H2. The summed E-state index contributed by atoms with van der Waals surface area (Å²) in [4.78, 5) is 0. The molecule has 0 heterocycles. The van der Waals surface area contributed by atoms with E-state index >= 15 is 0 Å². The minimum absolute atomic E-state index is 0.0929. The van der Waals surface area contributed by atoms with Gasteiger partial charge in [0.05, 0.1) is 0 Å². The Bertz CT molecular complexity index is 907. The summed E-state index contributed by atoms with van der Waals surface area (Å²) in [5.74, 6) is 0.0929. The second-order valence-corrected chi connectivity index (χ2v) is 9.05. The summed E-state index contributed by atoms with van der Waals surface area (Å²) in [6, 6.07) is 11.3. The topological polar surface area (TPSA) is 98.7 Å². The van der Waals surface area contributed by atoms with E-state index in [-0.39, 0.29) is 5.92 Å². The Morgan fingerprint density at radius 3 is 2.77 bits per heavy atom. The van der Waals surface area contributed by atoms with Crippen LogP contribution in [-0.2, 0) is 13.0 Å². The van der Waals surface area contributed by atoms with Crippen LogP contribution < -0.4 is 11.1 Å². The van der Waals surface area contributed by atoms with Crippen LogP contribution >= 0.6 is 0 Å². The minimum Gasteiger partial charge on any atom is -0.427 e. The van der Waals surface area contributed by atoms with Gasteiger partial charge in [-0.25, -0.2) is 0 Å². The first kappa shape index (κ1) is 21.5. The molecule has 0 amide bonds. The Labute approximate surface area is 179 Å². The average molecular weight is 408 g/mol. The van der Waals surface area contributed by atoms with Gasteiger partial charge in [-0.2, -0.15) is 0 Å². The van der Waals surface area contributed by atoms with Crippen molar-refractivity contribution in [2.75, 3.05) is 0 Å². The number of unbranched alkanes of at least 4 members (excludes halogenated alkanes) is 1. The lowest BCUT2D eigenvalue weighted by Crippen LogP contribution is -2.56. The molecule has 1 unspecified atom stereocenters. The highest BCUT2D eigenvalue weighted by molar-refractivity contribution is 6.40. The number of nitrogens with one attached hydrogen (secondary N) is 1. The van der Waals surface area contributed by atoms with Crippen molar-refractivity contribution < 1.29 is 15.2 Å². The molecule has 5 nitrogen and oxygen atoms in total. The predicted molar refractivity (Wildman–Crippen MR) is 123 cm³/mol. The van der Waals surface area contributed by atoms with Crippen LogP contribution in [0.25, 0.3) is 16.8 Å². The van der Waals surface area contributed by atoms with Crippen molar-refractivity contribution in [1.29, 1.82) is 0 Å². The monoisotopic (exact) mass is 408 g/mol. The molecular formula is C24H33BN2O3. The van der Waals surface area contributed by atoms with Crippen molar-refractivity contribution in [1.82, 2.24) is 5.32 Å². The Morgan fingerprint density at radius 2 is 1.97 bits per heavy atom. The van der Waals surface area contributed by atoms with E-state index in [9.17, 15) is 5.11 Å². The lowest BCUT2D eigenvalue weighted by Gasteiger charge is -2.44. The van der Waals surface area contributed by atoms with Crippen LogP contribution in [0.3, 0.4) is 0 Å². The lowest BCUT2D eigenvalue weighted by atomic mass is 9.71. The van der Waals surface area contributed by atoms with Crippen molar-refractivity contribution >= 4 is 24.0 Å². The Morgan fingerprint density at radius 1 is 1.17 bits per heavy atom. The van der Waals surface area contributed by atoms with Gasteiger partial charge in [0.25, 0.3) is 0 Å². The molecule has 2 aromatic carbocycles. The molecule has 2 aromatic rings. The number of hydrogen-bond acceptors (Lipinski definition) is 5. The maximum atomic E-state index is 10.6. The SMILES string of the molecule is NC(O)(CCCCB(O)O)C1CC(NCc2c3c(cc4ccccc24)CCC=C3)C1. The number of nitrogens with two attached hydrogens (primary N) is 1. The Hall–Kier alpha value is -1.70. The molecule has 160 valence electrons. The summed E-state index contributed by atoms with van der Waals surface area (Å²) in [6.45, 7) is 0.822. The Balaban J connectivity index is 1.35. The van der Waals surface area contributed by atoms with E-state index in [1.807, 2.05) is 0 Å². The number of fused-ring (bicyclic) bond motifs is 2. The summed E-state index contributed by atoms with van der Waals surface area (Å²) < 4.78 is 0. The predicted octanol–water partition coefficient (Wildman–Crippen LogP) is 2.96. The van der Waals surface area contributed by atoms with Crippen molar-refractivity contribution in [2.45, 2.75) is 69.6 Å². The second-order valence-electron chi connectivity index (χ2n) is 9.05. The van der Waals surface area contributed by atoms with E-state index < -0.39 is 12.8 Å². The molecule has 0 bridgehead atoms. The molecule has 2 aliphatic carbocycles. The van der Waals surface area contributed by atoms with Crippen molar-refractivity contribution in [3.05, 3.63) is 53.1 Å². The molecular weight excluding hydrogens is 375 g/mol. The number of aryl methyl sites for hydroxylation is 1. The highest BCUT2D eigenvalue weighted by atomic mass is 16.4. The number of rotatable bonds is 9. The third-order valence-electron chi connectivity index (χ3n) is 6.85. The molecule has 0 aromatic heterocycles. The van der Waals surface area contributed by atoms with E-state index in [4.69, 9.17) is 15.8 Å². The zero-order valence-corrected chi connectivity index (χ0v) is 17.6. The molecule has 4 rings (SSSR count). The fourth-order valence-corrected chi connectivity index (χ4v) is 4.93. The van der Waals surface area contributed by atoms with Crippen molar-refractivity contribution in [2.24, 2.45) is 11.7 Å². The summed E-state index contributed by atoms with van der Waals surface area (Å²) in [5, 5.41) is 34.8. The van der Waals surface area contributed by atoms with Crippen LogP contribution in [0.2, 0.25) is 6.32 Å². The number of aliphatic hydroxyl groups is 1. The fraction of sp³-hybridized carbons (Fsp3) is 0.500. The van der Waals surface area contributed by atoms with Gasteiger partial charge in [-0.15, -0.1) is 0 Å². The molecule has 1 fully saturated rings. The van der Waals surface area contributed by atoms with Gasteiger partial charge in [0.2, 0.25) is 0 Å². The summed E-state index contributed by atoms with van der Waals surface area (Å²) in [7, 11) is -1.28. The number of hydrogen-bond donors (Lipinski definition) is 5. The van der Waals surface area contributed by atoms with Gasteiger partial charge in [-0.05, 0) is 72.3 Å². The third kappa shape index (κ3) is 4.79. The van der Waals surface area contributed by atoms with Gasteiger partial charge in [-0.1, -0.05) is 48.9 Å². The van der Waals surface area contributed by atoms with Crippen LogP contribution in [-0.4, -0.2) is 34.0 Å². The quantitative estimate of drug-likeness (QED) is 0.250. The summed E-state index contributed by atoms with van der Waals surface area (Å²) in [6.07, 6.45) is 10.7. The van der Waals surface area contributed by atoms with Crippen molar-refractivity contribution in [3.8, 4) is 0 Å². The highest BCUT2D eigenvalue weighted by Crippen LogP contribution is 2.37. The van der Waals surface area contributed by atoms with Gasteiger partial charge < -0.3 is 26.2 Å². The molecule has 6 heteroatoms. The molecule has 30 heavy (non-hydrogen) atoms. The highest BCUT2D eigenvalue weighted by Gasteiger charge is 2.41. The molecule has 6 N–H and O–H groups in total. The van der Waals surface area contributed by atoms with Crippen LogP contribution in [0, 0.1) is 5.92 Å². The van der Waals surface area contributed by atoms with Crippen LogP contribution in [0.1, 0.15) is 55.2 Å². The number of allylic oxidation sites excluding steroid dienone is 1. The van der Waals surface area contributed by atoms with E-state index in [2.05, 4.69) is 47.8 Å². The summed E-state index contributed by atoms with van der Waals surface area (Å²) >= 11 is 0. The lowest BCUT2D eigenvalue weighted by molar-refractivity contribution is -0.0646. The van der Waals surface area contributed by atoms with Gasteiger partial charge in [-0.3, -0.25) is 0 Å². The molecule has 0 radical (unpaired) electrons. The Kier molecular flexibility index (Phi) is 6.61. The first-order valence-corrected chi connectivity index (χ1v) is 11.2. The van der Waals surface area contributed by atoms with Gasteiger partial charge in [0.1, 0.15) is 5.72 Å². The van der Waals surface area contributed by atoms with Crippen LogP contribution in [0.15, 0.2) is 36.4 Å². The second kappa shape index (κ2) is 9.21. The molecule has 1 saturated carbocycles. The minimum atomic E-state index is -1.28. The van der Waals surface area contributed by atoms with Crippen LogP contribution in [0.5, 0.6) is 0 Å². The zero-order chi connectivity index (χ0) is 21.1. The molecule has 1 atom stereocenters. The largest absolute Gasteiger partial charge is 0.451 e. The molecule has 2 aliphatic rings. The first-order valence-electron chi connectivity index (χ1n) is 11.2. The zero-order valence-electron chi connectivity index (χ0n) is 17.6. The smallest absolute Gasteiger partial charge is 0.427 e. The van der Waals surface area contributed by atoms with E-state index in [1.54, 1.807) is 0 Å². The first-order chi connectivity index (χ1) is 14.4. The maximum absolute atomic E-state index is 10.6. The molecule has 0 saturated heterocycles. The van der Waals surface area contributed by atoms with Gasteiger partial charge in [0.15, 0.2) is 0 Å². The van der Waals surface area contributed by atoms with Gasteiger partial charge in [0, 0.05) is 18.5 Å². The summed E-state index contributed by atoms with van der Waals surface area (Å²) in [5.41, 5.74) is 9.17. The average Bonchev–Trinajstić information content (AvgIpc) is 2.69. The van der Waals surface area contributed by atoms with E-state index in [0.29, 0.717) is 31.6 Å². The van der Waals surface area contributed by atoms with E-state index in [0.717, 1.165) is 32.2 Å².